The highest BCUT2D eigenvalue weighted by molar-refractivity contribution is 7.89. The summed E-state index contributed by atoms with van der Waals surface area (Å²) in [7, 11) is -3.77. The van der Waals surface area contributed by atoms with Gasteiger partial charge in [0.15, 0.2) is 0 Å². The lowest BCUT2D eigenvalue weighted by Crippen LogP contribution is -2.29. The van der Waals surface area contributed by atoms with E-state index in [1.807, 2.05) is 0 Å². The van der Waals surface area contributed by atoms with Gasteiger partial charge in [0, 0.05) is 6.54 Å². The van der Waals surface area contributed by atoms with Crippen molar-refractivity contribution in [2.75, 3.05) is 19.8 Å². The largest absolute Gasteiger partial charge is 0.370 e. The van der Waals surface area contributed by atoms with Crippen LogP contribution in [0.1, 0.15) is 5.56 Å². The third kappa shape index (κ3) is 4.67. The summed E-state index contributed by atoms with van der Waals surface area (Å²) in [5.41, 5.74) is 4.91. The van der Waals surface area contributed by atoms with Gasteiger partial charge in [-0.25, -0.2) is 13.1 Å². The van der Waals surface area contributed by atoms with E-state index >= 15 is 0 Å². The van der Waals surface area contributed by atoms with Crippen LogP contribution in [0.5, 0.6) is 0 Å². The van der Waals surface area contributed by atoms with E-state index in [0.29, 0.717) is 0 Å². The van der Waals surface area contributed by atoms with Gasteiger partial charge in [-0.05, 0) is 12.1 Å². The molecule has 0 aliphatic carbocycles. The molecule has 102 valence electrons. The molecule has 1 aromatic rings. The summed E-state index contributed by atoms with van der Waals surface area (Å²) in [4.78, 5) is 10.3. The highest BCUT2D eigenvalue weighted by atomic mass is 32.2. The molecule has 0 aliphatic heterocycles. The minimum absolute atomic E-state index is 0.0108. The Labute approximate surface area is 111 Å². The Morgan fingerprint density at radius 1 is 1.42 bits per heavy atom. The Morgan fingerprint density at radius 3 is 2.74 bits per heavy atom. The Bertz CT molecular complexity index is 592. The molecular formula is C11H13N3O4S. The minimum atomic E-state index is -3.77. The number of nitrogens with one attached hydrogen (secondary N) is 1. The number of nitrogens with zero attached hydrogens (tertiary/aromatic N) is 1. The van der Waals surface area contributed by atoms with Gasteiger partial charge in [-0.3, -0.25) is 4.79 Å². The van der Waals surface area contributed by atoms with E-state index in [9.17, 15) is 13.2 Å². The fourth-order valence-corrected chi connectivity index (χ4v) is 2.46. The Kier molecular flexibility index (Phi) is 5.44. The molecule has 0 fully saturated rings. The molecule has 1 amide bonds. The van der Waals surface area contributed by atoms with Gasteiger partial charge in [0.05, 0.1) is 17.1 Å². The molecule has 19 heavy (non-hydrogen) atoms. The van der Waals surface area contributed by atoms with Crippen molar-refractivity contribution >= 4 is 15.9 Å². The number of hydrogen-bond acceptors (Lipinski definition) is 5. The Hall–Kier alpha value is -1.95. The summed E-state index contributed by atoms with van der Waals surface area (Å²) in [6.45, 7) is -0.275. The summed E-state index contributed by atoms with van der Waals surface area (Å²) in [5, 5.41) is 8.83. The van der Waals surface area contributed by atoms with Crippen molar-refractivity contribution in [3.05, 3.63) is 29.8 Å². The zero-order chi connectivity index (χ0) is 14.3. The normalized spacial score (nSPS) is 10.9. The van der Waals surface area contributed by atoms with Gasteiger partial charge in [0.25, 0.3) is 0 Å². The van der Waals surface area contributed by atoms with Gasteiger partial charge in [-0.2, -0.15) is 5.26 Å². The van der Waals surface area contributed by atoms with E-state index in [0.717, 1.165) is 0 Å². The molecule has 0 aromatic heterocycles. The lowest BCUT2D eigenvalue weighted by atomic mass is 10.2. The molecule has 8 heteroatoms. The third-order valence-corrected chi connectivity index (χ3v) is 3.60. The van der Waals surface area contributed by atoms with Gasteiger partial charge in [-0.15, -0.1) is 0 Å². The molecule has 0 saturated carbocycles. The van der Waals surface area contributed by atoms with Crippen molar-refractivity contribution in [2.45, 2.75) is 4.90 Å². The minimum Gasteiger partial charge on any atom is -0.370 e. The maximum Gasteiger partial charge on any atom is 0.243 e. The molecule has 7 nitrogen and oxygen atoms in total. The number of ether oxygens (including phenoxy) is 1. The molecule has 0 heterocycles. The Morgan fingerprint density at radius 2 is 2.11 bits per heavy atom. The molecule has 0 spiro atoms. The van der Waals surface area contributed by atoms with E-state index in [4.69, 9.17) is 15.7 Å². The highest BCUT2D eigenvalue weighted by Gasteiger charge is 2.17. The van der Waals surface area contributed by atoms with E-state index in [2.05, 4.69) is 4.72 Å². The molecule has 1 rings (SSSR count). The van der Waals surface area contributed by atoms with Gasteiger partial charge in [0.1, 0.15) is 12.7 Å². The number of carbonyl (C=O) groups is 1. The first-order valence-electron chi connectivity index (χ1n) is 5.32. The first kappa shape index (κ1) is 15.1. The van der Waals surface area contributed by atoms with Gasteiger partial charge in [-0.1, -0.05) is 12.1 Å². The number of nitriles is 1. The van der Waals surface area contributed by atoms with Crippen molar-refractivity contribution in [3.63, 3.8) is 0 Å². The molecule has 0 atom stereocenters. The standard InChI is InChI=1S/C11H13N3O4S/c12-7-9-3-1-2-4-10(9)19(16,17)14-5-6-18-8-11(13)15/h1-4,14H,5-6,8H2,(H2,13,15). The number of sulfonamides is 1. The average molecular weight is 283 g/mol. The van der Waals surface area contributed by atoms with Crippen LogP contribution in [-0.2, 0) is 19.6 Å². The second-order valence-corrected chi connectivity index (χ2v) is 5.26. The zero-order valence-electron chi connectivity index (χ0n) is 10.00. The first-order chi connectivity index (χ1) is 8.97. The maximum atomic E-state index is 11.9. The molecule has 0 saturated heterocycles. The van der Waals surface area contributed by atoms with Crippen molar-refractivity contribution in [2.24, 2.45) is 5.73 Å². The molecule has 0 bridgehead atoms. The molecule has 1 aromatic carbocycles. The number of carbonyl (C=O) groups excluding carboxylic acids is 1. The second kappa shape index (κ2) is 6.84. The lowest BCUT2D eigenvalue weighted by molar-refractivity contribution is -0.122. The predicted molar refractivity (Wildman–Crippen MR) is 66.4 cm³/mol. The van der Waals surface area contributed by atoms with Gasteiger partial charge in [0.2, 0.25) is 15.9 Å². The number of rotatable bonds is 7. The Balaban J connectivity index is 2.62. The summed E-state index contributed by atoms with van der Waals surface area (Å²) in [5.74, 6) is -0.627. The third-order valence-electron chi connectivity index (χ3n) is 2.08. The quantitative estimate of drug-likeness (QED) is 0.643. The monoisotopic (exact) mass is 283 g/mol. The number of benzene rings is 1. The van der Waals surface area contributed by atoms with Crippen molar-refractivity contribution in [3.8, 4) is 6.07 Å². The molecule has 3 N–H and O–H groups in total. The van der Waals surface area contributed by atoms with Gasteiger partial charge >= 0.3 is 0 Å². The molecule has 0 aliphatic rings. The summed E-state index contributed by atoms with van der Waals surface area (Å²) in [6, 6.07) is 7.66. The average Bonchev–Trinajstić information content (AvgIpc) is 2.37. The van der Waals surface area contributed by atoms with E-state index in [-0.39, 0.29) is 30.2 Å². The van der Waals surface area contributed by atoms with Crippen LogP contribution in [0.4, 0.5) is 0 Å². The van der Waals surface area contributed by atoms with Crippen LogP contribution in [0, 0.1) is 11.3 Å². The molecular weight excluding hydrogens is 270 g/mol. The molecule has 0 unspecified atom stereocenters. The zero-order valence-corrected chi connectivity index (χ0v) is 10.8. The van der Waals surface area contributed by atoms with E-state index in [1.54, 1.807) is 12.1 Å². The van der Waals surface area contributed by atoms with Crippen molar-refractivity contribution < 1.29 is 17.9 Å². The predicted octanol–water partition coefficient (Wildman–Crippen LogP) is -0.662. The first-order valence-corrected chi connectivity index (χ1v) is 6.80. The van der Waals surface area contributed by atoms with Crippen LogP contribution in [0.3, 0.4) is 0 Å². The van der Waals surface area contributed by atoms with Crippen molar-refractivity contribution in [1.82, 2.24) is 4.72 Å². The number of hydrogen-bond donors (Lipinski definition) is 2. The van der Waals surface area contributed by atoms with Gasteiger partial charge < -0.3 is 10.5 Å². The number of nitrogens with two attached hydrogens (primary N) is 1. The van der Waals surface area contributed by atoms with E-state index in [1.165, 1.54) is 18.2 Å². The van der Waals surface area contributed by atoms with Crippen LogP contribution in [-0.4, -0.2) is 34.1 Å². The van der Waals surface area contributed by atoms with E-state index < -0.39 is 15.9 Å². The maximum absolute atomic E-state index is 11.9. The summed E-state index contributed by atoms with van der Waals surface area (Å²) < 4.78 is 30.9. The fourth-order valence-electron chi connectivity index (χ4n) is 1.29. The number of amides is 1. The highest BCUT2D eigenvalue weighted by Crippen LogP contribution is 2.13. The second-order valence-electron chi connectivity index (χ2n) is 3.52. The summed E-state index contributed by atoms with van der Waals surface area (Å²) >= 11 is 0. The van der Waals surface area contributed by atoms with Crippen LogP contribution >= 0.6 is 0 Å². The smallest absolute Gasteiger partial charge is 0.243 e. The molecule has 0 radical (unpaired) electrons. The fraction of sp³-hybridized carbons (Fsp3) is 0.273. The number of primary amides is 1. The topological polar surface area (TPSA) is 122 Å². The van der Waals surface area contributed by atoms with Crippen LogP contribution in [0.25, 0.3) is 0 Å². The van der Waals surface area contributed by atoms with Crippen molar-refractivity contribution in [1.29, 1.82) is 5.26 Å². The lowest BCUT2D eigenvalue weighted by Gasteiger charge is -2.07. The van der Waals surface area contributed by atoms with Crippen LogP contribution in [0.15, 0.2) is 29.2 Å². The van der Waals surface area contributed by atoms with Crippen LogP contribution in [0.2, 0.25) is 0 Å². The summed E-state index contributed by atoms with van der Waals surface area (Å²) in [6.07, 6.45) is 0. The van der Waals surface area contributed by atoms with Crippen LogP contribution < -0.4 is 10.5 Å². The SMILES string of the molecule is N#Cc1ccccc1S(=O)(=O)NCCOCC(N)=O.